The Morgan fingerprint density at radius 2 is 1.86 bits per heavy atom. The third-order valence-electron chi connectivity index (χ3n) is 1.96. The van der Waals surface area contributed by atoms with E-state index in [9.17, 15) is 13.9 Å². The van der Waals surface area contributed by atoms with Crippen LogP contribution in [-0.4, -0.2) is 11.9 Å². The summed E-state index contributed by atoms with van der Waals surface area (Å²) < 4.78 is 35.7. The molecular weight excluding hydrogens is 194 g/mol. The van der Waals surface area contributed by atoms with E-state index in [0.717, 1.165) is 12.1 Å². The minimum atomic E-state index is -3.09. The lowest BCUT2D eigenvalue weighted by atomic mass is 10.1. The monoisotopic (exact) mass is 202 g/mol. The molecule has 1 N–H and O–H groups in total. The first-order chi connectivity index (χ1) is 6.48. The van der Waals surface area contributed by atoms with Crippen molar-refractivity contribution in [3.8, 4) is 17.2 Å². The smallest absolute Gasteiger partial charge is 0.274 e. The molecule has 2 rings (SSSR count). The van der Waals surface area contributed by atoms with Crippen molar-refractivity contribution in [2.24, 2.45) is 0 Å². The number of fused-ring (bicyclic) bond motifs is 1. The molecule has 1 aliphatic heterocycles. The number of hydrogen-bond donors (Lipinski definition) is 1. The Labute approximate surface area is 78.9 Å². The number of hydrogen-bond acceptors (Lipinski definition) is 3. The van der Waals surface area contributed by atoms with Gasteiger partial charge in [-0.2, -0.15) is 0 Å². The molecule has 0 saturated carbocycles. The fourth-order valence-corrected chi connectivity index (χ4v) is 1.28. The van der Waals surface area contributed by atoms with Gasteiger partial charge in [0, 0.05) is 13.0 Å². The molecular formula is C9H8F2O3. The Bertz CT molecular complexity index is 371. The second-order valence-electron chi connectivity index (χ2n) is 3.11. The zero-order chi connectivity index (χ0) is 10.3. The second kappa shape index (κ2) is 2.73. The van der Waals surface area contributed by atoms with Crippen molar-refractivity contribution in [2.75, 3.05) is 6.79 Å². The molecule has 0 spiro atoms. The van der Waals surface area contributed by atoms with E-state index in [2.05, 4.69) is 0 Å². The molecule has 0 saturated heterocycles. The second-order valence-corrected chi connectivity index (χ2v) is 3.11. The van der Waals surface area contributed by atoms with E-state index in [1.54, 1.807) is 0 Å². The minimum Gasteiger partial charge on any atom is -0.507 e. The van der Waals surface area contributed by atoms with E-state index in [4.69, 9.17) is 9.47 Å². The fraction of sp³-hybridized carbons (Fsp3) is 0.333. The molecule has 0 unspecified atom stereocenters. The van der Waals surface area contributed by atoms with Gasteiger partial charge in [0.25, 0.3) is 5.92 Å². The lowest BCUT2D eigenvalue weighted by Gasteiger charge is -2.12. The Morgan fingerprint density at radius 3 is 2.43 bits per heavy atom. The summed E-state index contributed by atoms with van der Waals surface area (Å²) in [7, 11) is 0. The normalized spacial score (nSPS) is 14.5. The molecule has 76 valence electrons. The van der Waals surface area contributed by atoms with Gasteiger partial charge in [-0.15, -0.1) is 0 Å². The van der Waals surface area contributed by atoms with Gasteiger partial charge in [0.2, 0.25) is 6.79 Å². The molecule has 0 fully saturated rings. The lowest BCUT2D eigenvalue weighted by molar-refractivity contribution is 0.0150. The number of halogens is 2. The number of ether oxygens (including phenoxy) is 2. The summed E-state index contributed by atoms with van der Waals surface area (Å²) in [5.41, 5.74) is -0.457. The SMILES string of the molecule is CC(F)(F)c1cc2c(cc1O)OCO2. The third kappa shape index (κ3) is 1.34. The molecule has 1 heterocycles. The van der Waals surface area contributed by atoms with Crippen molar-refractivity contribution in [3.05, 3.63) is 17.7 Å². The van der Waals surface area contributed by atoms with E-state index < -0.39 is 17.2 Å². The van der Waals surface area contributed by atoms with E-state index in [0.29, 0.717) is 6.92 Å². The van der Waals surface area contributed by atoms with E-state index in [-0.39, 0.29) is 18.3 Å². The molecule has 1 aromatic rings. The van der Waals surface area contributed by atoms with Crippen LogP contribution in [0.4, 0.5) is 8.78 Å². The molecule has 0 aromatic heterocycles. The average molecular weight is 202 g/mol. The first-order valence-corrected chi connectivity index (χ1v) is 3.99. The largest absolute Gasteiger partial charge is 0.507 e. The van der Waals surface area contributed by atoms with Crippen LogP contribution >= 0.6 is 0 Å². The summed E-state index contributed by atoms with van der Waals surface area (Å²) in [6.07, 6.45) is 0. The molecule has 0 radical (unpaired) electrons. The summed E-state index contributed by atoms with van der Waals surface area (Å²) in [4.78, 5) is 0. The van der Waals surface area contributed by atoms with E-state index in [1.165, 1.54) is 0 Å². The maximum absolute atomic E-state index is 12.9. The van der Waals surface area contributed by atoms with Gasteiger partial charge in [0.1, 0.15) is 5.75 Å². The van der Waals surface area contributed by atoms with Gasteiger partial charge in [0.05, 0.1) is 5.56 Å². The van der Waals surface area contributed by atoms with Gasteiger partial charge in [-0.3, -0.25) is 0 Å². The Balaban J connectivity index is 2.53. The zero-order valence-corrected chi connectivity index (χ0v) is 7.38. The molecule has 5 heteroatoms. The molecule has 0 atom stereocenters. The van der Waals surface area contributed by atoms with Crippen LogP contribution in [0.5, 0.6) is 17.2 Å². The summed E-state index contributed by atoms with van der Waals surface area (Å²) in [6.45, 7) is 0.706. The average Bonchev–Trinajstić information content (AvgIpc) is 2.47. The topological polar surface area (TPSA) is 38.7 Å². The highest BCUT2D eigenvalue weighted by molar-refractivity contribution is 5.52. The predicted molar refractivity (Wildman–Crippen MR) is 43.8 cm³/mol. The van der Waals surface area contributed by atoms with E-state index >= 15 is 0 Å². The van der Waals surface area contributed by atoms with Gasteiger partial charge in [-0.1, -0.05) is 0 Å². The molecule has 0 aliphatic carbocycles. The number of benzene rings is 1. The number of aromatic hydroxyl groups is 1. The van der Waals surface area contributed by atoms with E-state index in [1.807, 2.05) is 0 Å². The van der Waals surface area contributed by atoms with Crippen molar-refractivity contribution in [3.63, 3.8) is 0 Å². The van der Waals surface area contributed by atoms with Gasteiger partial charge in [-0.25, -0.2) is 8.78 Å². The number of phenolic OH excluding ortho intramolecular Hbond substituents is 1. The van der Waals surface area contributed by atoms with Gasteiger partial charge in [0.15, 0.2) is 11.5 Å². The number of rotatable bonds is 1. The maximum atomic E-state index is 12.9. The van der Waals surface area contributed by atoms with Gasteiger partial charge < -0.3 is 14.6 Å². The fourth-order valence-electron chi connectivity index (χ4n) is 1.28. The van der Waals surface area contributed by atoms with Crippen molar-refractivity contribution < 1.29 is 23.4 Å². The van der Waals surface area contributed by atoms with Crippen LogP contribution in [0.3, 0.4) is 0 Å². The summed E-state index contributed by atoms with van der Waals surface area (Å²) in [5.74, 6) is -3.05. The first-order valence-electron chi connectivity index (χ1n) is 3.99. The summed E-state index contributed by atoms with van der Waals surface area (Å²) in [6, 6.07) is 2.23. The van der Waals surface area contributed by atoms with Crippen molar-refractivity contribution in [1.82, 2.24) is 0 Å². The maximum Gasteiger partial charge on any atom is 0.274 e. The lowest BCUT2D eigenvalue weighted by Crippen LogP contribution is -2.07. The summed E-state index contributed by atoms with van der Waals surface area (Å²) >= 11 is 0. The molecule has 14 heavy (non-hydrogen) atoms. The summed E-state index contributed by atoms with van der Waals surface area (Å²) in [5, 5.41) is 9.29. The molecule has 0 bridgehead atoms. The molecule has 0 amide bonds. The van der Waals surface area contributed by atoms with Crippen molar-refractivity contribution >= 4 is 0 Å². The van der Waals surface area contributed by atoms with Gasteiger partial charge in [-0.05, 0) is 6.07 Å². The molecule has 1 aliphatic rings. The predicted octanol–water partition coefficient (Wildman–Crippen LogP) is 2.23. The highest BCUT2D eigenvalue weighted by Gasteiger charge is 2.31. The first kappa shape index (κ1) is 9.05. The molecule has 3 nitrogen and oxygen atoms in total. The van der Waals surface area contributed by atoms with Crippen LogP contribution in [-0.2, 0) is 5.92 Å². The zero-order valence-electron chi connectivity index (χ0n) is 7.38. The van der Waals surface area contributed by atoms with Crippen LogP contribution in [0, 0.1) is 0 Å². The highest BCUT2D eigenvalue weighted by atomic mass is 19.3. The minimum absolute atomic E-state index is 0.00644. The van der Waals surface area contributed by atoms with Gasteiger partial charge >= 0.3 is 0 Å². The Kier molecular flexibility index (Phi) is 1.77. The van der Waals surface area contributed by atoms with Crippen molar-refractivity contribution in [1.29, 1.82) is 0 Å². The van der Waals surface area contributed by atoms with Crippen LogP contribution in [0.25, 0.3) is 0 Å². The molecule has 1 aromatic carbocycles. The van der Waals surface area contributed by atoms with Crippen molar-refractivity contribution in [2.45, 2.75) is 12.8 Å². The number of phenols is 1. The highest BCUT2D eigenvalue weighted by Crippen LogP contribution is 2.43. The number of alkyl halides is 2. The van der Waals surface area contributed by atoms with Crippen LogP contribution in [0.2, 0.25) is 0 Å². The van der Waals surface area contributed by atoms with Crippen LogP contribution < -0.4 is 9.47 Å². The third-order valence-corrected chi connectivity index (χ3v) is 1.96. The van der Waals surface area contributed by atoms with Crippen LogP contribution in [0.1, 0.15) is 12.5 Å². The Morgan fingerprint density at radius 1 is 1.29 bits per heavy atom. The quantitative estimate of drug-likeness (QED) is 0.758. The Hall–Kier alpha value is -1.52. The standard InChI is InChI=1S/C9H8F2O3/c1-9(10,11)5-2-7-8(3-6(5)12)14-4-13-7/h2-3,12H,4H2,1H3. The van der Waals surface area contributed by atoms with Crippen LogP contribution in [0.15, 0.2) is 12.1 Å².